The van der Waals surface area contributed by atoms with Crippen molar-refractivity contribution >= 4 is 21.5 Å². The normalized spacial score (nSPS) is 14.8. The second kappa shape index (κ2) is 7.83. The number of benzene rings is 2. The number of anilines is 1. The number of nitrogens with zero attached hydrogens (tertiary/aromatic N) is 2. The molecule has 0 atom stereocenters. The Morgan fingerprint density at radius 3 is 2.48 bits per heavy atom. The number of ketones is 1. The molecule has 0 amide bonds. The van der Waals surface area contributed by atoms with E-state index in [9.17, 15) is 13.2 Å². The first-order valence-corrected chi connectivity index (χ1v) is 11.2. The van der Waals surface area contributed by atoms with Gasteiger partial charge < -0.3 is 0 Å². The Bertz CT molecular complexity index is 1130. The smallest absolute Gasteiger partial charge is 0.265 e. The van der Waals surface area contributed by atoms with Gasteiger partial charge in [0.1, 0.15) is 10.6 Å². The zero-order chi connectivity index (χ0) is 20.4. The largest absolute Gasteiger partial charge is 0.295 e. The van der Waals surface area contributed by atoms with E-state index in [2.05, 4.69) is 9.82 Å². The molecule has 1 saturated carbocycles. The van der Waals surface area contributed by atoms with E-state index in [0.717, 1.165) is 31.2 Å². The van der Waals surface area contributed by atoms with E-state index < -0.39 is 10.0 Å². The molecule has 150 valence electrons. The minimum atomic E-state index is -3.89. The molecule has 7 heteroatoms. The van der Waals surface area contributed by atoms with Gasteiger partial charge in [-0.25, -0.2) is 8.42 Å². The van der Waals surface area contributed by atoms with Crippen LogP contribution < -0.4 is 4.72 Å². The maximum Gasteiger partial charge on any atom is 0.265 e. The van der Waals surface area contributed by atoms with Crippen molar-refractivity contribution in [2.75, 3.05) is 4.72 Å². The molecule has 0 spiro atoms. The van der Waals surface area contributed by atoms with Crippen LogP contribution in [0.15, 0.2) is 65.7 Å². The highest BCUT2D eigenvalue weighted by atomic mass is 32.2. The van der Waals surface area contributed by atoms with Crippen molar-refractivity contribution in [3.8, 4) is 11.3 Å². The molecule has 1 aliphatic carbocycles. The molecule has 3 aromatic rings. The van der Waals surface area contributed by atoms with Gasteiger partial charge in [0.2, 0.25) is 0 Å². The highest BCUT2D eigenvalue weighted by Crippen LogP contribution is 2.34. The van der Waals surface area contributed by atoms with Gasteiger partial charge in [-0.15, -0.1) is 0 Å². The van der Waals surface area contributed by atoms with E-state index in [0.29, 0.717) is 16.9 Å². The summed E-state index contributed by atoms with van der Waals surface area (Å²) in [5.41, 5.74) is 2.00. The average molecular weight is 410 g/mol. The van der Waals surface area contributed by atoms with E-state index in [4.69, 9.17) is 0 Å². The quantitative estimate of drug-likeness (QED) is 0.600. The molecule has 29 heavy (non-hydrogen) atoms. The molecular formula is C22H23N3O3S. The van der Waals surface area contributed by atoms with Gasteiger partial charge >= 0.3 is 0 Å². The van der Waals surface area contributed by atoms with Crippen molar-refractivity contribution in [1.29, 1.82) is 0 Å². The molecule has 1 fully saturated rings. The van der Waals surface area contributed by atoms with Gasteiger partial charge in [0.25, 0.3) is 10.0 Å². The van der Waals surface area contributed by atoms with Crippen LogP contribution in [0.5, 0.6) is 0 Å². The maximum atomic E-state index is 13.3. The van der Waals surface area contributed by atoms with Gasteiger partial charge in [-0.3, -0.25) is 14.2 Å². The summed E-state index contributed by atoms with van der Waals surface area (Å²) in [4.78, 5) is 11.8. The molecule has 1 aliphatic rings. The molecule has 6 nitrogen and oxygen atoms in total. The highest BCUT2D eigenvalue weighted by Gasteiger charge is 2.27. The Morgan fingerprint density at radius 2 is 1.79 bits per heavy atom. The Morgan fingerprint density at radius 1 is 1.07 bits per heavy atom. The molecule has 1 N–H and O–H groups in total. The number of carbonyl (C=O) groups is 1. The van der Waals surface area contributed by atoms with Crippen molar-refractivity contribution in [2.24, 2.45) is 0 Å². The van der Waals surface area contributed by atoms with Gasteiger partial charge in [0.15, 0.2) is 5.78 Å². The van der Waals surface area contributed by atoms with Crippen LogP contribution in [0, 0.1) is 0 Å². The summed E-state index contributed by atoms with van der Waals surface area (Å²) in [5, 5.41) is 4.66. The third kappa shape index (κ3) is 4.10. The fourth-order valence-corrected chi connectivity index (χ4v) is 4.94. The molecule has 0 radical (unpaired) electrons. The first-order valence-electron chi connectivity index (χ1n) is 9.72. The summed E-state index contributed by atoms with van der Waals surface area (Å²) in [6, 6.07) is 16.1. The Hall–Kier alpha value is -2.93. The van der Waals surface area contributed by atoms with Gasteiger partial charge in [-0.2, -0.15) is 5.10 Å². The minimum Gasteiger partial charge on any atom is -0.295 e. The lowest BCUT2D eigenvalue weighted by molar-refractivity contribution is 0.101. The number of sulfonamides is 1. The van der Waals surface area contributed by atoms with E-state index >= 15 is 0 Å². The van der Waals surface area contributed by atoms with Crippen molar-refractivity contribution in [2.45, 2.75) is 43.5 Å². The number of nitrogens with one attached hydrogen (secondary N) is 1. The number of Topliss-reactive ketones (excluding diaryl/α,β-unsaturated/α-hetero) is 1. The number of hydrogen-bond donors (Lipinski definition) is 1. The monoisotopic (exact) mass is 409 g/mol. The third-order valence-corrected chi connectivity index (χ3v) is 6.64. The molecule has 2 aromatic carbocycles. The standard InChI is InChI=1S/C22H23N3O3S/c1-16(26)18-10-7-11-19(14-18)24-29(27,28)21-15-25(20-12-5-6-13-20)23-22(21)17-8-3-2-4-9-17/h2-4,7-11,14-15,20,24H,5-6,12-13H2,1H3. The van der Waals surface area contributed by atoms with Crippen LogP contribution in [0.25, 0.3) is 11.3 Å². The van der Waals surface area contributed by atoms with Crippen molar-refractivity contribution < 1.29 is 13.2 Å². The van der Waals surface area contributed by atoms with Gasteiger partial charge in [-0.05, 0) is 31.9 Å². The van der Waals surface area contributed by atoms with Crippen LogP contribution in [0.3, 0.4) is 0 Å². The molecule has 0 bridgehead atoms. The van der Waals surface area contributed by atoms with Gasteiger partial charge in [0, 0.05) is 23.0 Å². The zero-order valence-corrected chi connectivity index (χ0v) is 17.0. The van der Waals surface area contributed by atoms with Crippen molar-refractivity contribution in [1.82, 2.24) is 9.78 Å². The SMILES string of the molecule is CC(=O)c1cccc(NS(=O)(=O)c2cn(C3CCCC3)nc2-c2ccccc2)c1. The van der Waals surface area contributed by atoms with Crippen molar-refractivity contribution in [3.63, 3.8) is 0 Å². The first kappa shape index (κ1) is 19.4. The highest BCUT2D eigenvalue weighted by molar-refractivity contribution is 7.92. The van der Waals surface area contributed by atoms with Crippen LogP contribution in [0.1, 0.15) is 49.0 Å². The minimum absolute atomic E-state index is 0.120. The van der Waals surface area contributed by atoms with E-state index in [1.54, 1.807) is 35.1 Å². The number of hydrogen-bond acceptors (Lipinski definition) is 4. The summed E-state index contributed by atoms with van der Waals surface area (Å²) >= 11 is 0. The Kier molecular flexibility index (Phi) is 5.24. The predicted octanol–water partition coefficient (Wildman–Crippen LogP) is 4.67. The van der Waals surface area contributed by atoms with E-state index in [1.165, 1.54) is 6.92 Å². The fourth-order valence-electron chi connectivity index (χ4n) is 3.74. The van der Waals surface area contributed by atoms with Gasteiger partial charge in [-0.1, -0.05) is 55.3 Å². The average Bonchev–Trinajstić information content (AvgIpc) is 3.38. The summed E-state index contributed by atoms with van der Waals surface area (Å²) in [5.74, 6) is -0.120. The lowest BCUT2D eigenvalue weighted by atomic mass is 10.1. The number of carbonyl (C=O) groups excluding carboxylic acids is 1. The molecule has 0 unspecified atom stereocenters. The maximum absolute atomic E-state index is 13.3. The van der Waals surface area contributed by atoms with Crippen LogP contribution in [-0.4, -0.2) is 24.0 Å². The van der Waals surface area contributed by atoms with Crippen LogP contribution in [0.2, 0.25) is 0 Å². The fraction of sp³-hybridized carbons (Fsp3) is 0.273. The Balaban J connectivity index is 1.75. The Labute approximate surface area is 170 Å². The second-order valence-electron chi connectivity index (χ2n) is 7.37. The number of rotatable bonds is 6. The predicted molar refractivity (Wildman–Crippen MR) is 112 cm³/mol. The van der Waals surface area contributed by atoms with Crippen LogP contribution in [0.4, 0.5) is 5.69 Å². The van der Waals surface area contributed by atoms with E-state index in [1.807, 2.05) is 30.3 Å². The molecule has 0 saturated heterocycles. The summed E-state index contributed by atoms with van der Waals surface area (Å²) in [7, 11) is -3.89. The van der Waals surface area contributed by atoms with Crippen LogP contribution >= 0.6 is 0 Å². The molecule has 1 aromatic heterocycles. The number of aromatic nitrogens is 2. The van der Waals surface area contributed by atoms with Crippen molar-refractivity contribution in [3.05, 3.63) is 66.4 Å². The first-order chi connectivity index (χ1) is 13.9. The lowest BCUT2D eigenvalue weighted by Crippen LogP contribution is -2.14. The molecule has 1 heterocycles. The summed E-state index contributed by atoms with van der Waals surface area (Å²) in [6.45, 7) is 1.45. The molecule has 0 aliphatic heterocycles. The van der Waals surface area contributed by atoms with E-state index in [-0.39, 0.29) is 16.7 Å². The summed E-state index contributed by atoms with van der Waals surface area (Å²) in [6.07, 6.45) is 5.90. The zero-order valence-electron chi connectivity index (χ0n) is 16.2. The van der Waals surface area contributed by atoms with Gasteiger partial charge in [0.05, 0.1) is 6.04 Å². The third-order valence-electron chi connectivity index (χ3n) is 5.26. The molecule has 4 rings (SSSR count). The summed E-state index contributed by atoms with van der Waals surface area (Å²) < 4.78 is 30.9. The second-order valence-corrected chi connectivity index (χ2v) is 9.02. The van der Waals surface area contributed by atoms with Crippen LogP contribution in [-0.2, 0) is 10.0 Å². The lowest BCUT2D eigenvalue weighted by Gasteiger charge is -2.09. The molecular weight excluding hydrogens is 386 g/mol. The topological polar surface area (TPSA) is 81.1 Å².